The van der Waals surface area contributed by atoms with Gasteiger partial charge in [0.25, 0.3) is 5.91 Å². The summed E-state index contributed by atoms with van der Waals surface area (Å²) in [7, 11) is 0. The van der Waals surface area contributed by atoms with E-state index in [1.54, 1.807) is 22.9 Å². The van der Waals surface area contributed by atoms with Crippen LogP contribution in [-0.4, -0.2) is 25.5 Å². The van der Waals surface area contributed by atoms with Crippen molar-refractivity contribution >= 4 is 34.8 Å². The fourth-order valence-corrected chi connectivity index (χ4v) is 3.36. The molecular formula is C21H17Cl2N5O. The van der Waals surface area contributed by atoms with Crippen molar-refractivity contribution in [3.63, 3.8) is 0 Å². The standard InChI is InChI=1S/C21H17Cl2N5O/c1-14-12-17(23)8-9-18(14)24-20(29)19-21(27-10-2-3-11-27)28(26-25-19)13-15-4-6-16(22)7-5-15/h2-12H,13H2,1H3,(H,24,29). The summed E-state index contributed by atoms with van der Waals surface area (Å²) in [6.07, 6.45) is 3.70. The third kappa shape index (κ3) is 4.18. The number of halogens is 2. The molecule has 0 aliphatic carbocycles. The Morgan fingerprint density at radius 3 is 2.41 bits per heavy atom. The fourth-order valence-electron chi connectivity index (χ4n) is 3.00. The number of carbonyl (C=O) groups is 1. The molecule has 0 aliphatic rings. The van der Waals surface area contributed by atoms with Gasteiger partial charge in [-0.25, -0.2) is 4.68 Å². The van der Waals surface area contributed by atoms with Crippen molar-refractivity contribution in [1.29, 1.82) is 0 Å². The second kappa shape index (κ2) is 8.11. The van der Waals surface area contributed by atoms with Crippen LogP contribution in [0.3, 0.4) is 0 Å². The van der Waals surface area contributed by atoms with Crippen molar-refractivity contribution in [3.05, 3.63) is 93.9 Å². The van der Waals surface area contributed by atoms with Gasteiger partial charge >= 0.3 is 0 Å². The summed E-state index contributed by atoms with van der Waals surface area (Å²) in [5, 5.41) is 12.6. The lowest BCUT2D eigenvalue weighted by Crippen LogP contribution is -2.17. The zero-order valence-electron chi connectivity index (χ0n) is 15.5. The van der Waals surface area contributed by atoms with Crippen LogP contribution in [-0.2, 0) is 6.54 Å². The summed E-state index contributed by atoms with van der Waals surface area (Å²) < 4.78 is 3.51. The summed E-state index contributed by atoms with van der Waals surface area (Å²) in [6, 6.07) is 16.5. The van der Waals surface area contributed by atoms with E-state index in [1.807, 2.05) is 60.3 Å². The highest BCUT2D eigenvalue weighted by molar-refractivity contribution is 6.31. The number of nitrogens with one attached hydrogen (secondary N) is 1. The molecule has 2 aromatic carbocycles. The van der Waals surface area contributed by atoms with E-state index in [-0.39, 0.29) is 11.6 Å². The highest BCUT2D eigenvalue weighted by Gasteiger charge is 2.22. The van der Waals surface area contributed by atoms with Crippen molar-refractivity contribution in [2.45, 2.75) is 13.5 Å². The van der Waals surface area contributed by atoms with Crippen molar-refractivity contribution in [1.82, 2.24) is 19.6 Å². The Balaban J connectivity index is 1.68. The van der Waals surface area contributed by atoms with Gasteiger partial charge in [-0.05, 0) is 60.5 Å². The molecule has 0 fully saturated rings. The average Bonchev–Trinajstić information content (AvgIpc) is 3.35. The Labute approximate surface area is 177 Å². The predicted molar refractivity (Wildman–Crippen MR) is 114 cm³/mol. The summed E-state index contributed by atoms with van der Waals surface area (Å²) >= 11 is 12.0. The van der Waals surface area contributed by atoms with Gasteiger partial charge in [0.15, 0.2) is 11.5 Å². The number of aryl methyl sites for hydroxylation is 1. The van der Waals surface area contributed by atoms with Gasteiger partial charge < -0.3 is 9.88 Å². The van der Waals surface area contributed by atoms with Gasteiger partial charge in [0.1, 0.15) is 0 Å². The topological polar surface area (TPSA) is 64.7 Å². The molecule has 29 heavy (non-hydrogen) atoms. The first-order valence-corrected chi connectivity index (χ1v) is 9.65. The third-order valence-corrected chi connectivity index (χ3v) is 4.94. The van der Waals surface area contributed by atoms with Crippen LogP contribution in [0.2, 0.25) is 10.0 Å². The number of rotatable bonds is 5. The molecule has 0 atom stereocenters. The zero-order chi connectivity index (χ0) is 20.4. The van der Waals surface area contributed by atoms with E-state index < -0.39 is 0 Å². The lowest BCUT2D eigenvalue weighted by Gasteiger charge is -2.11. The number of carbonyl (C=O) groups excluding carboxylic acids is 1. The minimum atomic E-state index is -0.346. The van der Waals surface area contributed by atoms with E-state index in [0.717, 1.165) is 11.1 Å². The quantitative estimate of drug-likeness (QED) is 0.489. The van der Waals surface area contributed by atoms with Gasteiger partial charge in [-0.1, -0.05) is 40.5 Å². The molecule has 0 unspecified atom stereocenters. The molecule has 0 bridgehead atoms. The summed E-state index contributed by atoms with van der Waals surface area (Å²) in [5.41, 5.74) is 2.75. The Morgan fingerprint density at radius 1 is 1.03 bits per heavy atom. The summed E-state index contributed by atoms with van der Waals surface area (Å²) in [5.74, 6) is 0.232. The normalized spacial score (nSPS) is 10.9. The molecule has 0 aliphatic heterocycles. The number of anilines is 1. The number of hydrogen-bond acceptors (Lipinski definition) is 3. The average molecular weight is 426 g/mol. The molecule has 0 saturated heterocycles. The van der Waals surface area contributed by atoms with E-state index in [1.165, 1.54) is 0 Å². The van der Waals surface area contributed by atoms with Crippen LogP contribution in [0, 0.1) is 6.92 Å². The third-order valence-electron chi connectivity index (χ3n) is 4.46. The molecule has 2 heterocycles. The first-order valence-electron chi connectivity index (χ1n) is 8.90. The number of benzene rings is 2. The highest BCUT2D eigenvalue weighted by Crippen LogP contribution is 2.22. The van der Waals surface area contributed by atoms with E-state index >= 15 is 0 Å². The molecule has 1 amide bonds. The van der Waals surface area contributed by atoms with Crippen LogP contribution in [0.25, 0.3) is 5.82 Å². The van der Waals surface area contributed by atoms with Crippen LogP contribution in [0.5, 0.6) is 0 Å². The molecule has 0 saturated carbocycles. The summed E-state index contributed by atoms with van der Waals surface area (Å²) in [4.78, 5) is 13.0. The lowest BCUT2D eigenvalue weighted by molar-refractivity contribution is 0.102. The van der Waals surface area contributed by atoms with Crippen molar-refractivity contribution < 1.29 is 4.79 Å². The molecule has 4 aromatic rings. The first-order chi connectivity index (χ1) is 14.0. The Kier molecular flexibility index (Phi) is 5.38. The molecule has 146 valence electrons. The minimum Gasteiger partial charge on any atom is -0.320 e. The monoisotopic (exact) mass is 425 g/mol. The van der Waals surface area contributed by atoms with Crippen molar-refractivity contribution in [3.8, 4) is 5.82 Å². The molecule has 6 nitrogen and oxygen atoms in total. The van der Waals surface area contributed by atoms with Crippen molar-refractivity contribution in [2.24, 2.45) is 0 Å². The van der Waals surface area contributed by atoms with E-state index in [0.29, 0.717) is 28.1 Å². The SMILES string of the molecule is Cc1cc(Cl)ccc1NC(=O)c1nnn(Cc2ccc(Cl)cc2)c1-n1cccc1. The molecular weight excluding hydrogens is 409 g/mol. The lowest BCUT2D eigenvalue weighted by atomic mass is 10.2. The molecule has 0 radical (unpaired) electrons. The fraction of sp³-hybridized carbons (Fsp3) is 0.0952. The van der Waals surface area contributed by atoms with Crippen LogP contribution < -0.4 is 5.32 Å². The zero-order valence-corrected chi connectivity index (χ0v) is 17.0. The van der Waals surface area contributed by atoms with Gasteiger partial charge in [0.05, 0.1) is 6.54 Å². The Hall–Kier alpha value is -3.09. The number of nitrogens with zero attached hydrogens (tertiary/aromatic N) is 4. The van der Waals surface area contributed by atoms with Crippen molar-refractivity contribution in [2.75, 3.05) is 5.32 Å². The molecule has 4 rings (SSSR count). The number of aromatic nitrogens is 4. The molecule has 8 heteroatoms. The number of hydrogen-bond donors (Lipinski definition) is 1. The maximum absolute atomic E-state index is 13.0. The molecule has 0 spiro atoms. The van der Waals surface area contributed by atoms with E-state index in [9.17, 15) is 4.79 Å². The van der Waals surface area contributed by atoms with Crippen LogP contribution in [0.15, 0.2) is 67.0 Å². The first kappa shape index (κ1) is 19.2. The smallest absolute Gasteiger partial charge is 0.280 e. The Morgan fingerprint density at radius 2 is 1.72 bits per heavy atom. The van der Waals surface area contributed by atoms with Crippen LogP contribution in [0.1, 0.15) is 21.6 Å². The maximum Gasteiger partial charge on any atom is 0.280 e. The van der Waals surface area contributed by atoms with Crippen LogP contribution in [0.4, 0.5) is 5.69 Å². The van der Waals surface area contributed by atoms with Crippen LogP contribution >= 0.6 is 23.2 Å². The predicted octanol–water partition coefficient (Wildman–Crippen LogP) is 4.98. The van der Waals surface area contributed by atoms with Gasteiger partial charge in [-0.3, -0.25) is 4.79 Å². The molecule has 2 aromatic heterocycles. The van der Waals surface area contributed by atoms with Gasteiger partial charge in [0, 0.05) is 28.1 Å². The van der Waals surface area contributed by atoms with Gasteiger partial charge in [0.2, 0.25) is 0 Å². The van der Waals surface area contributed by atoms with Gasteiger partial charge in [-0.15, -0.1) is 5.10 Å². The van der Waals surface area contributed by atoms with Gasteiger partial charge in [-0.2, -0.15) is 0 Å². The highest BCUT2D eigenvalue weighted by atomic mass is 35.5. The largest absolute Gasteiger partial charge is 0.320 e. The van der Waals surface area contributed by atoms with E-state index in [2.05, 4.69) is 15.6 Å². The maximum atomic E-state index is 13.0. The Bertz CT molecular complexity index is 1150. The summed E-state index contributed by atoms with van der Waals surface area (Å²) in [6.45, 7) is 2.33. The van der Waals surface area contributed by atoms with E-state index in [4.69, 9.17) is 23.2 Å². The second-order valence-electron chi connectivity index (χ2n) is 6.55. The number of amides is 1. The minimum absolute atomic E-state index is 0.226. The molecule has 1 N–H and O–H groups in total. The second-order valence-corrected chi connectivity index (χ2v) is 7.42.